The zero-order valence-electron chi connectivity index (χ0n) is 10.6. The summed E-state index contributed by atoms with van der Waals surface area (Å²) in [7, 11) is 1.44. The second-order valence-corrected chi connectivity index (χ2v) is 4.52. The lowest BCUT2D eigenvalue weighted by Crippen LogP contribution is -2.51. The Hall–Kier alpha value is -1.63. The van der Waals surface area contributed by atoms with Gasteiger partial charge in [0.1, 0.15) is 0 Å². The largest absolute Gasteiger partial charge is 0.481 e. The Labute approximate surface area is 106 Å². The lowest BCUT2D eigenvalue weighted by Gasteiger charge is -2.41. The van der Waals surface area contributed by atoms with Gasteiger partial charge in [0.2, 0.25) is 5.91 Å². The van der Waals surface area contributed by atoms with Gasteiger partial charge >= 0.3 is 12.0 Å². The minimum absolute atomic E-state index is 0.157. The van der Waals surface area contributed by atoms with Crippen molar-refractivity contribution in [2.24, 2.45) is 11.8 Å². The lowest BCUT2D eigenvalue weighted by molar-refractivity contribution is -0.145. The fourth-order valence-corrected chi connectivity index (χ4v) is 1.82. The van der Waals surface area contributed by atoms with Crippen LogP contribution in [0, 0.1) is 11.8 Å². The quantitative estimate of drug-likeness (QED) is 0.616. The van der Waals surface area contributed by atoms with E-state index in [2.05, 4.69) is 10.6 Å². The highest BCUT2D eigenvalue weighted by Crippen LogP contribution is 2.23. The first-order valence-electron chi connectivity index (χ1n) is 5.90. The third kappa shape index (κ3) is 3.99. The molecule has 0 radical (unpaired) electrons. The van der Waals surface area contributed by atoms with Crippen LogP contribution in [0.5, 0.6) is 0 Å². The number of nitrogens with zero attached hydrogens (tertiary/aromatic N) is 1. The minimum atomic E-state index is -0.781. The number of hydrogen-bond donors (Lipinski definition) is 3. The summed E-state index contributed by atoms with van der Waals surface area (Å²) in [4.78, 5) is 34.9. The summed E-state index contributed by atoms with van der Waals surface area (Å²) < 4.78 is 0. The molecule has 1 atom stereocenters. The molecule has 3 N–H and O–H groups in total. The summed E-state index contributed by atoms with van der Waals surface area (Å²) in [5.74, 6) is -1.30. The molecule has 0 aliphatic carbocycles. The third-order valence-electron chi connectivity index (χ3n) is 3.22. The fraction of sp³-hybridized carbons (Fsp3) is 0.727. The average molecular weight is 257 g/mol. The van der Waals surface area contributed by atoms with E-state index in [1.54, 1.807) is 6.92 Å². The molecule has 7 nitrogen and oxygen atoms in total. The molecule has 7 heteroatoms. The van der Waals surface area contributed by atoms with Crippen LogP contribution in [0.3, 0.4) is 0 Å². The molecular weight excluding hydrogens is 238 g/mol. The number of rotatable bonds is 5. The van der Waals surface area contributed by atoms with Crippen molar-refractivity contribution in [2.75, 3.05) is 26.7 Å². The minimum Gasteiger partial charge on any atom is -0.481 e. The molecule has 0 bridgehead atoms. The Morgan fingerprint density at radius 1 is 1.39 bits per heavy atom. The number of amides is 3. The van der Waals surface area contributed by atoms with Crippen LogP contribution in [0.15, 0.2) is 0 Å². The number of carboxylic acid groups (broad SMARTS) is 1. The van der Waals surface area contributed by atoms with Crippen LogP contribution in [-0.2, 0) is 9.59 Å². The van der Waals surface area contributed by atoms with Crippen molar-refractivity contribution >= 4 is 17.9 Å². The SMILES string of the molecule is CNC(=O)NC(=O)CCN1CC(C(C)C(=O)O)C1. The molecule has 3 amide bonds. The molecule has 0 spiro atoms. The molecule has 1 rings (SSSR count). The lowest BCUT2D eigenvalue weighted by atomic mass is 9.87. The first-order valence-corrected chi connectivity index (χ1v) is 5.90. The van der Waals surface area contributed by atoms with Gasteiger partial charge in [0, 0.05) is 33.1 Å². The van der Waals surface area contributed by atoms with Crippen molar-refractivity contribution in [2.45, 2.75) is 13.3 Å². The van der Waals surface area contributed by atoms with Gasteiger partial charge in [-0.2, -0.15) is 0 Å². The second kappa shape index (κ2) is 6.34. The Balaban J connectivity index is 2.15. The van der Waals surface area contributed by atoms with Crippen LogP contribution in [0.2, 0.25) is 0 Å². The van der Waals surface area contributed by atoms with E-state index >= 15 is 0 Å². The molecule has 0 aromatic carbocycles. The smallest absolute Gasteiger partial charge is 0.321 e. The van der Waals surface area contributed by atoms with Gasteiger partial charge in [-0.05, 0) is 5.92 Å². The molecular formula is C11H19N3O4. The standard InChI is InChI=1S/C11H19N3O4/c1-7(10(16)17)8-5-14(6-8)4-3-9(15)13-11(18)12-2/h7-8H,3-6H2,1-2H3,(H,16,17)(H2,12,13,15,18). The molecule has 1 fully saturated rings. The molecule has 102 valence electrons. The number of carbonyl (C=O) groups is 3. The van der Waals surface area contributed by atoms with E-state index in [1.165, 1.54) is 7.05 Å². The van der Waals surface area contributed by atoms with Crippen molar-refractivity contribution < 1.29 is 19.5 Å². The molecule has 0 aromatic heterocycles. The number of aliphatic carboxylic acids is 1. The van der Waals surface area contributed by atoms with Gasteiger partial charge in [-0.15, -0.1) is 0 Å². The highest BCUT2D eigenvalue weighted by molar-refractivity contribution is 5.94. The zero-order chi connectivity index (χ0) is 13.7. The highest BCUT2D eigenvalue weighted by Gasteiger charge is 2.34. The number of likely N-dealkylation sites (tertiary alicyclic amines) is 1. The normalized spacial score (nSPS) is 17.7. The maximum atomic E-state index is 11.3. The zero-order valence-corrected chi connectivity index (χ0v) is 10.6. The molecule has 1 aliphatic heterocycles. The van der Waals surface area contributed by atoms with Gasteiger partial charge in [0.05, 0.1) is 5.92 Å². The number of carboxylic acids is 1. The van der Waals surface area contributed by atoms with Gasteiger partial charge in [-0.1, -0.05) is 6.92 Å². The Kier molecular flexibility index (Phi) is 5.08. The van der Waals surface area contributed by atoms with E-state index in [1.807, 2.05) is 4.90 Å². The number of imide groups is 1. The van der Waals surface area contributed by atoms with Crippen molar-refractivity contribution in [1.82, 2.24) is 15.5 Å². The number of urea groups is 1. The monoisotopic (exact) mass is 257 g/mol. The van der Waals surface area contributed by atoms with Crippen molar-refractivity contribution in [3.63, 3.8) is 0 Å². The van der Waals surface area contributed by atoms with Gasteiger partial charge < -0.3 is 15.3 Å². The van der Waals surface area contributed by atoms with E-state index < -0.39 is 12.0 Å². The summed E-state index contributed by atoms with van der Waals surface area (Å²) in [6, 6.07) is -0.513. The summed E-state index contributed by atoms with van der Waals surface area (Å²) in [5, 5.41) is 13.3. The van der Waals surface area contributed by atoms with Crippen LogP contribution in [-0.4, -0.2) is 54.6 Å². The van der Waals surface area contributed by atoms with E-state index in [0.29, 0.717) is 19.6 Å². The first kappa shape index (κ1) is 14.4. The van der Waals surface area contributed by atoms with Crippen LogP contribution < -0.4 is 10.6 Å². The maximum Gasteiger partial charge on any atom is 0.321 e. The Morgan fingerprint density at radius 2 is 2.00 bits per heavy atom. The highest BCUT2D eigenvalue weighted by atomic mass is 16.4. The molecule has 1 aliphatic rings. The van der Waals surface area contributed by atoms with Crippen LogP contribution in [0.25, 0.3) is 0 Å². The van der Waals surface area contributed by atoms with E-state index in [4.69, 9.17) is 5.11 Å². The predicted molar refractivity (Wildman–Crippen MR) is 63.9 cm³/mol. The molecule has 1 heterocycles. The van der Waals surface area contributed by atoms with Crippen molar-refractivity contribution in [3.8, 4) is 0 Å². The summed E-state index contributed by atoms with van der Waals surface area (Å²) in [6.45, 7) is 3.63. The third-order valence-corrected chi connectivity index (χ3v) is 3.22. The topological polar surface area (TPSA) is 98.7 Å². The molecule has 1 saturated heterocycles. The van der Waals surface area contributed by atoms with Gasteiger partial charge in [-0.3, -0.25) is 14.9 Å². The summed E-state index contributed by atoms with van der Waals surface area (Å²) in [6.07, 6.45) is 0.238. The van der Waals surface area contributed by atoms with Crippen molar-refractivity contribution in [3.05, 3.63) is 0 Å². The van der Waals surface area contributed by atoms with Gasteiger partial charge in [0.15, 0.2) is 0 Å². The van der Waals surface area contributed by atoms with E-state index in [-0.39, 0.29) is 24.2 Å². The van der Waals surface area contributed by atoms with E-state index in [0.717, 1.165) is 0 Å². The van der Waals surface area contributed by atoms with Crippen LogP contribution >= 0.6 is 0 Å². The average Bonchev–Trinajstić information content (AvgIpc) is 2.26. The van der Waals surface area contributed by atoms with E-state index in [9.17, 15) is 14.4 Å². The first-order chi connectivity index (χ1) is 8.43. The molecule has 18 heavy (non-hydrogen) atoms. The van der Waals surface area contributed by atoms with Crippen LogP contribution in [0.4, 0.5) is 4.79 Å². The summed E-state index contributed by atoms with van der Waals surface area (Å²) >= 11 is 0. The maximum absolute atomic E-state index is 11.3. The van der Waals surface area contributed by atoms with Crippen LogP contribution in [0.1, 0.15) is 13.3 Å². The van der Waals surface area contributed by atoms with Gasteiger partial charge in [0.25, 0.3) is 0 Å². The molecule has 1 unspecified atom stereocenters. The number of hydrogen-bond acceptors (Lipinski definition) is 4. The number of carbonyl (C=O) groups excluding carboxylic acids is 2. The molecule has 0 aromatic rings. The summed E-state index contributed by atoms with van der Waals surface area (Å²) in [5.41, 5.74) is 0. The Bertz CT molecular complexity index is 339. The van der Waals surface area contributed by atoms with Gasteiger partial charge in [-0.25, -0.2) is 4.79 Å². The predicted octanol–water partition coefficient (Wildman–Crippen LogP) is -0.515. The van der Waals surface area contributed by atoms with Crippen molar-refractivity contribution in [1.29, 1.82) is 0 Å². The number of nitrogens with one attached hydrogen (secondary N) is 2. The molecule has 0 saturated carbocycles. The fourth-order valence-electron chi connectivity index (χ4n) is 1.82. The second-order valence-electron chi connectivity index (χ2n) is 4.52. The Morgan fingerprint density at radius 3 is 2.50 bits per heavy atom.